The second-order valence-electron chi connectivity index (χ2n) is 9.51. The molecule has 1 aliphatic rings. The third-order valence-electron chi connectivity index (χ3n) is 6.35. The van der Waals surface area contributed by atoms with E-state index in [2.05, 4.69) is 20.6 Å². The van der Waals surface area contributed by atoms with Crippen molar-refractivity contribution < 1.29 is 24.3 Å². The Morgan fingerprint density at radius 2 is 1.48 bits per heavy atom. The number of nitrogens with one attached hydrogen (secondary N) is 2. The smallest absolute Gasteiger partial charge is 0.243 e. The molecule has 0 aromatic heterocycles. The minimum absolute atomic E-state index is 0.0621. The van der Waals surface area contributed by atoms with Crippen molar-refractivity contribution >= 4 is 35.5 Å². The largest absolute Gasteiger partial charge is 0.508 e. The van der Waals surface area contributed by atoms with Crippen molar-refractivity contribution in [2.75, 3.05) is 19.6 Å². The van der Waals surface area contributed by atoms with Crippen LogP contribution in [-0.2, 0) is 25.6 Å². The van der Waals surface area contributed by atoms with Crippen molar-refractivity contribution in [3.63, 3.8) is 0 Å². The summed E-state index contributed by atoms with van der Waals surface area (Å²) in [4.78, 5) is 60.7. The molecule has 1 saturated heterocycles. The number of primary amides is 1. The van der Waals surface area contributed by atoms with Crippen LogP contribution in [0.2, 0.25) is 0 Å². The SMILES string of the molecule is NC(=O)[C@H](CCCN=C(N)N)NC(=O)[C@H](CCCN=C(N)N)NC(=O)[C@@H]1CCCN1C(=O)Cc1ccc(O)cc1. The number of amides is 4. The van der Waals surface area contributed by atoms with Crippen LogP contribution in [0.15, 0.2) is 34.3 Å². The van der Waals surface area contributed by atoms with Gasteiger partial charge in [-0.2, -0.15) is 0 Å². The van der Waals surface area contributed by atoms with Crippen molar-refractivity contribution in [2.45, 2.75) is 63.1 Å². The molecule has 0 bridgehead atoms. The van der Waals surface area contributed by atoms with Crippen LogP contribution in [0.25, 0.3) is 0 Å². The average Bonchev–Trinajstić information content (AvgIpc) is 3.39. The summed E-state index contributed by atoms with van der Waals surface area (Å²) in [6.45, 7) is 0.868. The minimum Gasteiger partial charge on any atom is -0.508 e. The van der Waals surface area contributed by atoms with Crippen molar-refractivity contribution in [3.8, 4) is 5.75 Å². The molecule has 2 rings (SSSR count). The first-order valence-electron chi connectivity index (χ1n) is 13.1. The van der Waals surface area contributed by atoms with Crippen molar-refractivity contribution in [1.82, 2.24) is 15.5 Å². The molecule has 1 aromatic rings. The van der Waals surface area contributed by atoms with E-state index in [1.807, 2.05) is 0 Å². The number of carbonyl (C=O) groups excluding carboxylic acids is 4. The van der Waals surface area contributed by atoms with Crippen molar-refractivity contribution in [3.05, 3.63) is 29.8 Å². The second-order valence-corrected chi connectivity index (χ2v) is 9.51. The Hall–Kier alpha value is -4.56. The molecule has 0 spiro atoms. The molecule has 4 amide bonds. The van der Waals surface area contributed by atoms with Crippen LogP contribution >= 0.6 is 0 Å². The molecule has 1 fully saturated rings. The van der Waals surface area contributed by atoms with Gasteiger partial charge in [-0.25, -0.2) is 0 Å². The first kappa shape index (κ1) is 31.7. The molecule has 220 valence electrons. The first-order chi connectivity index (χ1) is 19.0. The average molecular weight is 561 g/mol. The quantitative estimate of drug-likeness (QED) is 0.0638. The Labute approximate surface area is 232 Å². The summed E-state index contributed by atoms with van der Waals surface area (Å²) in [7, 11) is 0. The lowest BCUT2D eigenvalue weighted by Crippen LogP contribution is -2.56. The molecule has 3 atom stereocenters. The van der Waals surface area contributed by atoms with Gasteiger partial charge in [-0.3, -0.25) is 29.2 Å². The number of phenols is 1. The number of guanidine groups is 2. The van der Waals surface area contributed by atoms with Crippen LogP contribution in [0, 0.1) is 0 Å². The van der Waals surface area contributed by atoms with E-state index in [-0.39, 0.29) is 55.9 Å². The molecule has 1 aliphatic heterocycles. The summed E-state index contributed by atoms with van der Waals surface area (Å²) in [6.07, 6.45) is 2.22. The topological polar surface area (TPSA) is 271 Å². The van der Waals surface area contributed by atoms with E-state index in [9.17, 15) is 24.3 Å². The number of aliphatic imine (C=N–C) groups is 2. The summed E-state index contributed by atoms with van der Waals surface area (Å²) in [6, 6.07) is 3.46. The maximum atomic E-state index is 13.3. The number of phenolic OH excluding ortho intramolecular Hbond substituents is 1. The van der Waals surface area contributed by atoms with E-state index in [0.717, 1.165) is 0 Å². The summed E-state index contributed by atoms with van der Waals surface area (Å²) in [5.41, 5.74) is 27.5. The molecule has 1 heterocycles. The lowest BCUT2D eigenvalue weighted by atomic mass is 10.1. The number of likely N-dealkylation sites (tertiary alicyclic amines) is 1. The van der Waals surface area contributed by atoms with E-state index in [1.165, 1.54) is 17.0 Å². The van der Waals surface area contributed by atoms with Gasteiger partial charge in [0.25, 0.3) is 0 Å². The lowest BCUT2D eigenvalue weighted by Gasteiger charge is -2.27. The second kappa shape index (κ2) is 15.8. The van der Waals surface area contributed by atoms with Gasteiger partial charge in [-0.1, -0.05) is 12.1 Å². The highest BCUT2D eigenvalue weighted by Gasteiger charge is 2.36. The first-order valence-corrected chi connectivity index (χ1v) is 13.1. The van der Waals surface area contributed by atoms with Gasteiger partial charge in [0.15, 0.2) is 11.9 Å². The molecular formula is C25H40N10O5. The highest BCUT2D eigenvalue weighted by atomic mass is 16.3. The number of hydrogen-bond acceptors (Lipinski definition) is 7. The van der Waals surface area contributed by atoms with Gasteiger partial charge >= 0.3 is 0 Å². The van der Waals surface area contributed by atoms with Gasteiger partial charge in [-0.05, 0) is 56.2 Å². The summed E-state index contributed by atoms with van der Waals surface area (Å²) < 4.78 is 0. The van der Waals surface area contributed by atoms with Gasteiger partial charge < -0.3 is 49.3 Å². The van der Waals surface area contributed by atoms with Gasteiger partial charge in [0.05, 0.1) is 6.42 Å². The third-order valence-corrected chi connectivity index (χ3v) is 6.35. The zero-order chi connectivity index (χ0) is 29.7. The van der Waals surface area contributed by atoms with Gasteiger partial charge in [0.1, 0.15) is 23.9 Å². The van der Waals surface area contributed by atoms with Crippen LogP contribution in [-0.4, -0.2) is 83.3 Å². The highest BCUT2D eigenvalue weighted by molar-refractivity contribution is 5.94. The van der Waals surface area contributed by atoms with Crippen LogP contribution in [0.5, 0.6) is 5.75 Å². The molecule has 0 aliphatic carbocycles. The zero-order valence-corrected chi connectivity index (χ0v) is 22.4. The third kappa shape index (κ3) is 10.7. The highest BCUT2D eigenvalue weighted by Crippen LogP contribution is 2.20. The molecule has 0 unspecified atom stereocenters. The number of nitrogens with two attached hydrogens (primary N) is 5. The number of benzene rings is 1. The van der Waals surface area contributed by atoms with E-state index < -0.39 is 35.8 Å². The molecule has 13 N–H and O–H groups in total. The number of hydrogen-bond donors (Lipinski definition) is 8. The predicted octanol–water partition coefficient (Wildman–Crippen LogP) is -2.51. The van der Waals surface area contributed by atoms with Gasteiger partial charge in [0.2, 0.25) is 23.6 Å². The zero-order valence-electron chi connectivity index (χ0n) is 22.4. The standard InChI is InChI=1S/C25H40N10O5/c26-21(38)17(4-1-11-31-24(27)28)33-22(39)18(5-2-12-32-25(29)30)34-23(40)19-6-3-13-35(19)20(37)14-15-7-9-16(36)10-8-15/h7-10,17-19,36H,1-6,11-14H2,(H2,26,38)(H,33,39)(H,34,40)(H4,27,28,31)(H4,29,30,32)/t17-,18-,19-/m0/s1. The van der Waals surface area contributed by atoms with E-state index in [0.29, 0.717) is 37.8 Å². The maximum Gasteiger partial charge on any atom is 0.243 e. The molecular weight excluding hydrogens is 520 g/mol. The van der Waals surface area contributed by atoms with E-state index in [4.69, 9.17) is 28.7 Å². The lowest BCUT2D eigenvalue weighted by molar-refractivity contribution is -0.139. The van der Waals surface area contributed by atoms with Crippen molar-refractivity contribution in [1.29, 1.82) is 0 Å². The Morgan fingerprint density at radius 1 is 0.900 bits per heavy atom. The molecule has 15 heteroatoms. The summed E-state index contributed by atoms with van der Waals surface area (Å²) in [5, 5.41) is 14.8. The van der Waals surface area contributed by atoms with Crippen molar-refractivity contribution in [2.24, 2.45) is 38.7 Å². The predicted molar refractivity (Wildman–Crippen MR) is 149 cm³/mol. The molecule has 1 aromatic carbocycles. The molecule has 15 nitrogen and oxygen atoms in total. The van der Waals surface area contributed by atoms with Gasteiger partial charge in [0, 0.05) is 19.6 Å². The number of nitrogens with zero attached hydrogens (tertiary/aromatic N) is 3. The number of rotatable bonds is 15. The number of aromatic hydroxyl groups is 1. The Kier molecular flexibility index (Phi) is 12.5. The molecule has 0 saturated carbocycles. The van der Waals surface area contributed by atoms with Gasteiger partial charge in [-0.15, -0.1) is 0 Å². The Bertz CT molecular complexity index is 1080. The summed E-state index contributed by atoms with van der Waals surface area (Å²) >= 11 is 0. The molecule has 0 radical (unpaired) electrons. The monoisotopic (exact) mass is 560 g/mol. The van der Waals surface area contributed by atoms with Crippen LogP contribution in [0.1, 0.15) is 44.1 Å². The maximum absolute atomic E-state index is 13.3. The number of carbonyl (C=O) groups is 4. The van der Waals surface area contributed by atoms with E-state index in [1.54, 1.807) is 12.1 Å². The fourth-order valence-corrected chi connectivity index (χ4v) is 4.33. The van der Waals surface area contributed by atoms with Crippen LogP contribution in [0.3, 0.4) is 0 Å². The fraction of sp³-hybridized carbons (Fsp3) is 0.520. The molecule has 40 heavy (non-hydrogen) atoms. The Morgan fingerprint density at radius 3 is 2.02 bits per heavy atom. The Balaban J connectivity index is 2.08. The van der Waals surface area contributed by atoms with Crippen LogP contribution < -0.4 is 39.3 Å². The normalized spacial score (nSPS) is 15.9. The minimum atomic E-state index is -1.03. The van der Waals surface area contributed by atoms with E-state index >= 15 is 0 Å². The fourth-order valence-electron chi connectivity index (χ4n) is 4.33. The summed E-state index contributed by atoms with van der Waals surface area (Å²) in [5.74, 6) is -2.19. The van der Waals surface area contributed by atoms with Crippen LogP contribution in [0.4, 0.5) is 0 Å².